The lowest BCUT2D eigenvalue weighted by Gasteiger charge is -2.25. The Morgan fingerprint density at radius 2 is 1.35 bits per heavy atom. The molecule has 0 bridgehead atoms. The van der Waals surface area contributed by atoms with Crippen molar-refractivity contribution in [2.24, 2.45) is 0 Å². The van der Waals surface area contributed by atoms with Gasteiger partial charge in [0.15, 0.2) is 0 Å². The van der Waals surface area contributed by atoms with Crippen LogP contribution in [-0.2, 0) is 6.42 Å². The minimum atomic E-state index is 0.0396. The standard InChI is InChI=1S/C21H20ClN/c1-23(22)21(18-12-6-3-7-13-18)20-15-9-8-14-19(20)16-17-10-4-2-5-11-17/h2-15,21H,16H2,1H3. The van der Waals surface area contributed by atoms with Gasteiger partial charge < -0.3 is 0 Å². The van der Waals surface area contributed by atoms with Crippen molar-refractivity contribution >= 4 is 11.8 Å². The summed E-state index contributed by atoms with van der Waals surface area (Å²) in [4.78, 5) is 0. The van der Waals surface area contributed by atoms with Gasteiger partial charge in [0.05, 0.1) is 6.04 Å². The van der Waals surface area contributed by atoms with E-state index in [-0.39, 0.29) is 6.04 Å². The van der Waals surface area contributed by atoms with E-state index in [1.165, 1.54) is 22.3 Å². The van der Waals surface area contributed by atoms with Gasteiger partial charge in [-0.15, -0.1) is 0 Å². The van der Waals surface area contributed by atoms with Crippen molar-refractivity contribution in [3.8, 4) is 0 Å². The Labute approximate surface area is 143 Å². The number of halogens is 1. The zero-order valence-corrected chi connectivity index (χ0v) is 13.9. The summed E-state index contributed by atoms with van der Waals surface area (Å²) in [5.74, 6) is 0. The first kappa shape index (κ1) is 15.8. The van der Waals surface area contributed by atoms with Gasteiger partial charge in [-0.25, -0.2) is 4.42 Å². The summed E-state index contributed by atoms with van der Waals surface area (Å²) in [6.45, 7) is 0. The molecule has 0 saturated heterocycles. The molecule has 0 aromatic heterocycles. The van der Waals surface area contributed by atoms with Crippen molar-refractivity contribution in [3.63, 3.8) is 0 Å². The van der Waals surface area contributed by atoms with Crippen LogP contribution in [0.4, 0.5) is 0 Å². The predicted molar refractivity (Wildman–Crippen MR) is 97.6 cm³/mol. The van der Waals surface area contributed by atoms with E-state index in [2.05, 4.69) is 78.9 Å². The topological polar surface area (TPSA) is 3.24 Å². The Morgan fingerprint density at radius 1 is 0.783 bits per heavy atom. The van der Waals surface area contributed by atoms with E-state index in [1.807, 2.05) is 13.1 Å². The molecule has 116 valence electrons. The number of nitrogens with zero attached hydrogens (tertiary/aromatic N) is 1. The Hall–Kier alpha value is -2.09. The van der Waals surface area contributed by atoms with Crippen molar-refractivity contribution in [3.05, 3.63) is 107 Å². The Balaban J connectivity index is 2.01. The van der Waals surface area contributed by atoms with Gasteiger partial charge >= 0.3 is 0 Å². The van der Waals surface area contributed by atoms with Gasteiger partial charge in [-0.2, -0.15) is 0 Å². The molecule has 0 aliphatic rings. The maximum Gasteiger partial charge on any atom is 0.0750 e. The second-order valence-electron chi connectivity index (χ2n) is 5.70. The molecule has 0 spiro atoms. The number of rotatable bonds is 5. The zero-order chi connectivity index (χ0) is 16.1. The molecule has 1 unspecified atom stereocenters. The van der Waals surface area contributed by atoms with Gasteiger partial charge in [0.1, 0.15) is 0 Å². The third-order valence-electron chi connectivity index (χ3n) is 4.06. The zero-order valence-electron chi connectivity index (χ0n) is 13.2. The van der Waals surface area contributed by atoms with Crippen LogP contribution in [0.15, 0.2) is 84.9 Å². The Kier molecular flexibility index (Phi) is 5.12. The second kappa shape index (κ2) is 7.45. The summed E-state index contributed by atoms with van der Waals surface area (Å²) in [6.07, 6.45) is 0.908. The molecule has 23 heavy (non-hydrogen) atoms. The highest BCUT2D eigenvalue weighted by Gasteiger charge is 2.20. The molecule has 0 aliphatic carbocycles. The first-order valence-electron chi connectivity index (χ1n) is 7.81. The third-order valence-corrected chi connectivity index (χ3v) is 4.25. The summed E-state index contributed by atoms with van der Waals surface area (Å²) in [6, 6.07) is 29.5. The van der Waals surface area contributed by atoms with Crippen molar-refractivity contribution < 1.29 is 0 Å². The minimum Gasteiger partial charge on any atom is -0.211 e. The van der Waals surface area contributed by atoms with Crippen molar-refractivity contribution in [2.75, 3.05) is 7.05 Å². The molecule has 0 aliphatic heterocycles. The van der Waals surface area contributed by atoms with E-state index < -0.39 is 0 Å². The van der Waals surface area contributed by atoms with Gasteiger partial charge in [0.2, 0.25) is 0 Å². The minimum absolute atomic E-state index is 0.0396. The van der Waals surface area contributed by atoms with E-state index in [1.54, 1.807) is 4.42 Å². The summed E-state index contributed by atoms with van der Waals surface area (Å²) < 4.78 is 1.76. The summed E-state index contributed by atoms with van der Waals surface area (Å²) in [5.41, 5.74) is 5.06. The van der Waals surface area contributed by atoms with Crippen molar-refractivity contribution in [1.82, 2.24) is 4.42 Å². The second-order valence-corrected chi connectivity index (χ2v) is 6.23. The molecule has 0 saturated carbocycles. The highest BCUT2D eigenvalue weighted by Crippen LogP contribution is 2.32. The highest BCUT2D eigenvalue weighted by atomic mass is 35.5. The van der Waals surface area contributed by atoms with Crippen LogP contribution in [0.3, 0.4) is 0 Å². The molecule has 0 heterocycles. The van der Waals surface area contributed by atoms with Crippen LogP contribution in [0.1, 0.15) is 28.3 Å². The lowest BCUT2D eigenvalue weighted by Crippen LogP contribution is -2.18. The van der Waals surface area contributed by atoms with E-state index in [4.69, 9.17) is 11.8 Å². The molecule has 1 atom stereocenters. The van der Waals surface area contributed by atoms with Gasteiger partial charge in [0, 0.05) is 7.05 Å². The summed E-state index contributed by atoms with van der Waals surface area (Å²) >= 11 is 6.42. The van der Waals surface area contributed by atoms with Gasteiger partial charge in [-0.05, 0) is 40.5 Å². The molecule has 1 nitrogen and oxygen atoms in total. The van der Waals surface area contributed by atoms with Crippen LogP contribution in [0.5, 0.6) is 0 Å². The number of hydrogen-bond acceptors (Lipinski definition) is 1. The fourth-order valence-electron chi connectivity index (χ4n) is 2.99. The smallest absolute Gasteiger partial charge is 0.0750 e. The largest absolute Gasteiger partial charge is 0.211 e. The number of hydrogen-bond donors (Lipinski definition) is 0. The fourth-order valence-corrected chi connectivity index (χ4v) is 3.21. The first-order valence-corrected chi connectivity index (χ1v) is 8.15. The van der Waals surface area contributed by atoms with Crippen LogP contribution < -0.4 is 0 Å². The molecule has 2 heteroatoms. The van der Waals surface area contributed by atoms with Crippen molar-refractivity contribution in [2.45, 2.75) is 12.5 Å². The van der Waals surface area contributed by atoms with E-state index in [0.717, 1.165) is 6.42 Å². The molecule has 0 radical (unpaired) electrons. The molecule has 0 N–H and O–H groups in total. The lowest BCUT2D eigenvalue weighted by atomic mass is 9.91. The Morgan fingerprint density at radius 3 is 2.00 bits per heavy atom. The predicted octanol–water partition coefficient (Wildman–Crippen LogP) is 5.45. The first-order chi connectivity index (χ1) is 11.3. The average Bonchev–Trinajstić information content (AvgIpc) is 2.58. The highest BCUT2D eigenvalue weighted by molar-refractivity contribution is 6.13. The Bertz CT molecular complexity index is 738. The normalized spacial score (nSPS) is 12.3. The average molecular weight is 322 g/mol. The van der Waals surface area contributed by atoms with Gasteiger partial charge in [-0.3, -0.25) is 0 Å². The summed E-state index contributed by atoms with van der Waals surface area (Å²) in [7, 11) is 1.92. The van der Waals surface area contributed by atoms with E-state index >= 15 is 0 Å². The van der Waals surface area contributed by atoms with Gasteiger partial charge in [0.25, 0.3) is 0 Å². The third kappa shape index (κ3) is 3.82. The van der Waals surface area contributed by atoms with Crippen LogP contribution >= 0.6 is 11.8 Å². The van der Waals surface area contributed by atoms with Crippen molar-refractivity contribution in [1.29, 1.82) is 0 Å². The quantitative estimate of drug-likeness (QED) is 0.565. The molecule has 3 rings (SSSR count). The van der Waals surface area contributed by atoms with Crippen LogP contribution in [0.2, 0.25) is 0 Å². The molecule has 3 aromatic rings. The van der Waals surface area contributed by atoms with Crippen LogP contribution in [-0.4, -0.2) is 11.5 Å². The number of benzene rings is 3. The fraction of sp³-hybridized carbons (Fsp3) is 0.143. The SMILES string of the molecule is CN(Cl)C(c1ccccc1)c1ccccc1Cc1ccccc1. The monoisotopic (exact) mass is 321 g/mol. The molecule has 0 amide bonds. The van der Waals surface area contributed by atoms with E-state index in [9.17, 15) is 0 Å². The molecule has 0 fully saturated rings. The lowest BCUT2D eigenvalue weighted by molar-refractivity contribution is 0.463. The maximum atomic E-state index is 6.42. The van der Waals surface area contributed by atoms with Crippen LogP contribution in [0, 0.1) is 0 Å². The van der Waals surface area contributed by atoms with Crippen LogP contribution in [0.25, 0.3) is 0 Å². The molecule has 3 aromatic carbocycles. The molecular formula is C21H20ClN. The van der Waals surface area contributed by atoms with Gasteiger partial charge in [-0.1, -0.05) is 84.9 Å². The maximum absolute atomic E-state index is 6.42. The van der Waals surface area contributed by atoms with E-state index in [0.29, 0.717) is 0 Å². The molecular weight excluding hydrogens is 302 g/mol. The summed E-state index contributed by atoms with van der Waals surface area (Å²) in [5, 5.41) is 0.